The summed E-state index contributed by atoms with van der Waals surface area (Å²) < 4.78 is 5.73. The average molecular weight is 269 g/mol. The minimum atomic E-state index is -0.0582. The predicted molar refractivity (Wildman–Crippen MR) is 70.7 cm³/mol. The summed E-state index contributed by atoms with van der Waals surface area (Å²) in [4.78, 5) is 13.5. The third-order valence-electron chi connectivity index (χ3n) is 3.05. The van der Waals surface area contributed by atoms with Crippen LogP contribution in [-0.2, 0) is 9.53 Å². The Balaban J connectivity index is 2.03. The van der Waals surface area contributed by atoms with Crippen molar-refractivity contribution in [2.24, 2.45) is 0 Å². The molecule has 0 aliphatic carbocycles. The zero-order chi connectivity index (χ0) is 13.0. The number of carbonyl (C=O) groups excluding carboxylic acids is 1. The number of hydrogen-bond donors (Lipinski definition) is 1. The van der Waals surface area contributed by atoms with E-state index in [1.807, 2.05) is 24.3 Å². The van der Waals surface area contributed by atoms with E-state index in [1.165, 1.54) is 0 Å². The standard InChI is InChI=1S/C13H17ClN2O2/c1-15-13(17)9-16-6-7-18-12(8-16)10-4-2-3-5-11(10)14/h2-5,12H,6-9H2,1H3,(H,15,17). The van der Waals surface area contributed by atoms with Gasteiger partial charge in [-0.05, 0) is 6.07 Å². The molecular formula is C13H17ClN2O2. The number of rotatable bonds is 3. The van der Waals surface area contributed by atoms with Crippen molar-refractivity contribution in [3.63, 3.8) is 0 Å². The van der Waals surface area contributed by atoms with Crippen molar-refractivity contribution in [1.29, 1.82) is 0 Å². The lowest BCUT2D eigenvalue weighted by Gasteiger charge is -2.32. The van der Waals surface area contributed by atoms with Gasteiger partial charge in [-0.1, -0.05) is 29.8 Å². The van der Waals surface area contributed by atoms with Crippen molar-refractivity contribution in [2.75, 3.05) is 33.3 Å². The highest BCUT2D eigenvalue weighted by molar-refractivity contribution is 6.31. The van der Waals surface area contributed by atoms with Crippen molar-refractivity contribution in [3.8, 4) is 0 Å². The fraction of sp³-hybridized carbons (Fsp3) is 0.462. The number of likely N-dealkylation sites (N-methyl/N-ethyl adjacent to an activating group) is 1. The molecule has 1 aliphatic heterocycles. The molecule has 1 amide bonds. The zero-order valence-electron chi connectivity index (χ0n) is 10.4. The number of benzene rings is 1. The Kier molecular flexibility index (Phi) is 4.58. The molecule has 0 bridgehead atoms. The van der Waals surface area contributed by atoms with Gasteiger partial charge in [0.1, 0.15) is 0 Å². The van der Waals surface area contributed by atoms with Crippen LogP contribution in [0, 0.1) is 0 Å². The maximum absolute atomic E-state index is 11.4. The first-order valence-electron chi connectivity index (χ1n) is 5.99. The molecule has 1 aliphatic rings. The molecule has 1 aromatic carbocycles. The molecule has 1 unspecified atom stereocenters. The molecule has 1 N–H and O–H groups in total. The van der Waals surface area contributed by atoms with Crippen LogP contribution in [0.2, 0.25) is 5.02 Å². The number of halogens is 1. The number of carbonyl (C=O) groups is 1. The van der Waals surface area contributed by atoms with E-state index >= 15 is 0 Å². The van der Waals surface area contributed by atoms with Crippen LogP contribution in [0.3, 0.4) is 0 Å². The van der Waals surface area contributed by atoms with E-state index in [1.54, 1.807) is 7.05 Å². The summed E-state index contributed by atoms with van der Waals surface area (Å²) in [5.41, 5.74) is 0.987. The van der Waals surface area contributed by atoms with Crippen LogP contribution >= 0.6 is 11.6 Å². The van der Waals surface area contributed by atoms with Crippen LogP contribution in [0.1, 0.15) is 11.7 Å². The van der Waals surface area contributed by atoms with Crippen LogP contribution in [0.15, 0.2) is 24.3 Å². The van der Waals surface area contributed by atoms with Crippen molar-refractivity contribution >= 4 is 17.5 Å². The number of nitrogens with one attached hydrogen (secondary N) is 1. The molecule has 0 aromatic heterocycles. The van der Waals surface area contributed by atoms with Gasteiger partial charge in [0.15, 0.2) is 0 Å². The lowest BCUT2D eigenvalue weighted by Crippen LogP contribution is -2.43. The van der Waals surface area contributed by atoms with E-state index in [-0.39, 0.29) is 12.0 Å². The average Bonchev–Trinajstić information content (AvgIpc) is 2.39. The van der Waals surface area contributed by atoms with Gasteiger partial charge in [0.25, 0.3) is 0 Å². The van der Waals surface area contributed by atoms with Gasteiger partial charge < -0.3 is 10.1 Å². The van der Waals surface area contributed by atoms with Gasteiger partial charge in [0.2, 0.25) is 5.91 Å². The molecule has 1 atom stereocenters. The lowest BCUT2D eigenvalue weighted by molar-refractivity contribution is -0.123. The van der Waals surface area contributed by atoms with Crippen molar-refractivity contribution in [2.45, 2.75) is 6.10 Å². The molecule has 1 aromatic rings. The van der Waals surface area contributed by atoms with Gasteiger partial charge >= 0.3 is 0 Å². The quantitative estimate of drug-likeness (QED) is 0.902. The maximum atomic E-state index is 11.4. The zero-order valence-corrected chi connectivity index (χ0v) is 11.1. The first-order valence-corrected chi connectivity index (χ1v) is 6.37. The molecular weight excluding hydrogens is 252 g/mol. The summed E-state index contributed by atoms with van der Waals surface area (Å²) in [6.07, 6.45) is -0.0582. The number of hydrogen-bond acceptors (Lipinski definition) is 3. The predicted octanol–water partition coefficient (Wildman–Crippen LogP) is 1.46. The van der Waals surface area contributed by atoms with Crippen LogP contribution < -0.4 is 5.32 Å². The Morgan fingerprint density at radius 2 is 2.33 bits per heavy atom. The summed E-state index contributed by atoms with van der Waals surface area (Å²) >= 11 is 6.16. The fourth-order valence-corrected chi connectivity index (χ4v) is 2.31. The molecule has 98 valence electrons. The van der Waals surface area contributed by atoms with Crippen LogP contribution in [-0.4, -0.2) is 44.1 Å². The van der Waals surface area contributed by atoms with Crippen molar-refractivity contribution in [3.05, 3.63) is 34.9 Å². The van der Waals surface area contributed by atoms with Gasteiger partial charge in [0.05, 0.1) is 19.3 Å². The normalized spacial score (nSPS) is 20.7. The molecule has 1 saturated heterocycles. The SMILES string of the molecule is CNC(=O)CN1CCOC(c2ccccc2Cl)C1. The third-order valence-corrected chi connectivity index (χ3v) is 3.39. The van der Waals surface area contributed by atoms with Crippen molar-refractivity contribution < 1.29 is 9.53 Å². The molecule has 1 fully saturated rings. The molecule has 0 spiro atoms. The Morgan fingerprint density at radius 3 is 3.06 bits per heavy atom. The summed E-state index contributed by atoms with van der Waals surface area (Å²) in [6.45, 7) is 2.49. The van der Waals surface area contributed by atoms with E-state index in [9.17, 15) is 4.79 Å². The van der Waals surface area contributed by atoms with E-state index in [2.05, 4.69) is 10.2 Å². The molecule has 2 rings (SSSR count). The van der Waals surface area contributed by atoms with E-state index in [4.69, 9.17) is 16.3 Å². The Morgan fingerprint density at radius 1 is 1.56 bits per heavy atom. The highest BCUT2D eigenvalue weighted by atomic mass is 35.5. The van der Waals surface area contributed by atoms with Crippen molar-refractivity contribution in [1.82, 2.24) is 10.2 Å². The number of morpholine rings is 1. The Hall–Kier alpha value is -1.10. The second kappa shape index (κ2) is 6.18. The monoisotopic (exact) mass is 268 g/mol. The highest BCUT2D eigenvalue weighted by Crippen LogP contribution is 2.28. The third kappa shape index (κ3) is 3.22. The van der Waals surface area contributed by atoms with Gasteiger partial charge in [0, 0.05) is 30.7 Å². The summed E-state index contributed by atoms with van der Waals surface area (Å²) in [5.74, 6) is 0.0230. The van der Waals surface area contributed by atoms with E-state index in [0.29, 0.717) is 24.7 Å². The summed E-state index contributed by atoms with van der Waals surface area (Å²) in [5, 5.41) is 3.34. The maximum Gasteiger partial charge on any atom is 0.233 e. The number of amides is 1. The summed E-state index contributed by atoms with van der Waals surface area (Å²) in [7, 11) is 1.65. The smallest absolute Gasteiger partial charge is 0.233 e. The van der Waals surface area contributed by atoms with Gasteiger partial charge in [-0.2, -0.15) is 0 Å². The van der Waals surface area contributed by atoms with E-state index < -0.39 is 0 Å². The Labute approximate surface area is 112 Å². The fourth-order valence-electron chi connectivity index (χ4n) is 2.05. The molecule has 18 heavy (non-hydrogen) atoms. The van der Waals surface area contributed by atoms with Crippen LogP contribution in [0.25, 0.3) is 0 Å². The van der Waals surface area contributed by atoms with E-state index in [0.717, 1.165) is 12.1 Å². The second-order valence-electron chi connectivity index (χ2n) is 4.29. The lowest BCUT2D eigenvalue weighted by atomic mass is 10.1. The largest absolute Gasteiger partial charge is 0.371 e. The topological polar surface area (TPSA) is 41.6 Å². The van der Waals surface area contributed by atoms with Crippen LogP contribution in [0.4, 0.5) is 0 Å². The number of nitrogens with zero attached hydrogens (tertiary/aromatic N) is 1. The van der Waals surface area contributed by atoms with Crippen LogP contribution in [0.5, 0.6) is 0 Å². The second-order valence-corrected chi connectivity index (χ2v) is 4.70. The minimum absolute atomic E-state index is 0.0230. The summed E-state index contributed by atoms with van der Waals surface area (Å²) in [6, 6.07) is 7.67. The number of ether oxygens (including phenoxy) is 1. The molecule has 0 radical (unpaired) electrons. The first-order chi connectivity index (χ1) is 8.70. The first kappa shape index (κ1) is 13.3. The van der Waals surface area contributed by atoms with Gasteiger partial charge in [-0.25, -0.2) is 0 Å². The molecule has 0 saturated carbocycles. The van der Waals surface area contributed by atoms with Gasteiger partial charge in [-0.15, -0.1) is 0 Å². The highest BCUT2D eigenvalue weighted by Gasteiger charge is 2.24. The molecule has 5 heteroatoms. The molecule has 4 nitrogen and oxygen atoms in total. The van der Waals surface area contributed by atoms with Gasteiger partial charge in [-0.3, -0.25) is 9.69 Å². The Bertz CT molecular complexity index is 425. The molecule has 1 heterocycles. The minimum Gasteiger partial charge on any atom is -0.371 e.